The SMILES string of the molecule is CCCCCCCCCCCCCCCCC/C=C/C(O)C(COC1OC(CO)C(OC2OC(CO)C(OC3OC(CO)C(O)C(O)C3O)C(O)C2O)C(O)C1O)NC(=O)CCCCCCCC. The zero-order valence-corrected chi connectivity index (χ0v) is 40.8. The van der Waals surface area contributed by atoms with Crippen molar-refractivity contribution in [1.29, 1.82) is 0 Å². The van der Waals surface area contributed by atoms with Crippen LogP contribution in [0.15, 0.2) is 12.2 Å². The Morgan fingerprint density at radius 1 is 0.515 bits per heavy atom. The van der Waals surface area contributed by atoms with E-state index in [0.29, 0.717) is 6.42 Å². The van der Waals surface area contributed by atoms with Gasteiger partial charge >= 0.3 is 0 Å². The second-order valence-electron chi connectivity index (χ2n) is 19.0. The van der Waals surface area contributed by atoms with E-state index in [4.69, 9.17) is 28.4 Å². The van der Waals surface area contributed by atoms with Gasteiger partial charge in [0, 0.05) is 6.42 Å². The van der Waals surface area contributed by atoms with E-state index in [0.717, 1.165) is 57.8 Å². The zero-order valence-electron chi connectivity index (χ0n) is 40.8. The van der Waals surface area contributed by atoms with E-state index in [1.54, 1.807) is 6.08 Å². The van der Waals surface area contributed by atoms with Gasteiger partial charge in [-0.25, -0.2) is 0 Å². The molecule has 3 heterocycles. The summed E-state index contributed by atoms with van der Waals surface area (Å²) in [5, 5.41) is 119. The molecule has 19 heteroatoms. The van der Waals surface area contributed by atoms with Gasteiger partial charge < -0.3 is 89.9 Å². The fourth-order valence-electron chi connectivity index (χ4n) is 8.95. The van der Waals surface area contributed by atoms with Crippen LogP contribution in [0.25, 0.3) is 0 Å². The number of hydrogen-bond donors (Lipinski definition) is 12. The Labute approximate surface area is 404 Å². The van der Waals surface area contributed by atoms with Crippen LogP contribution in [0, 0.1) is 0 Å². The lowest BCUT2D eigenvalue weighted by atomic mass is 9.96. The van der Waals surface area contributed by atoms with Crippen molar-refractivity contribution in [3.63, 3.8) is 0 Å². The minimum absolute atomic E-state index is 0.243. The third-order valence-electron chi connectivity index (χ3n) is 13.3. The smallest absolute Gasteiger partial charge is 0.220 e. The van der Waals surface area contributed by atoms with Crippen molar-refractivity contribution in [3.05, 3.63) is 12.2 Å². The quantitative estimate of drug-likeness (QED) is 0.0315. The van der Waals surface area contributed by atoms with E-state index in [9.17, 15) is 61.0 Å². The molecule has 0 spiro atoms. The van der Waals surface area contributed by atoms with Crippen molar-refractivity contribution in [3.8, 4) is 0 Å². The first-order chi connectivity index (χ1) is 32.8. The predicted molar refractivity (Wildman–Crippen MR) is 250 cm³/mol. The van der Waals surface area contributed by atoms with Gasteiger partial charge in [-0.15, -0.1) is 0 Å². The van der Waals surface area contributed by atoms with Crippen LogP contribution in [0.3, 0.4) is 0 Å². The molecular formula is C49H91NO18. The van der Waals surface area contributed by atoms with E-state index in [-0.39, 0.29) is 18.9 Å². The summed E-state index contributed by atoms with van der Waals surface area (Å²) in [4.78, 5) is 13.1. The number of hydrogen-bond acceptors (Lipinski definition) is 18. The van der Waals surface area contributed by atoms with Gasteiger partial charge in [-0.3, -0.25) is 4.79 Å². The molecule has 0 aliphatic carbocycles. The van der Waals surface area contributed by atoms with E-state index in [2.05, 4.69) is 19.2 Å². The lowest BCUT2D eigenvalue weighted by Crippen LogP contribution is -2.66. The highest BCUT2D eigenvalue weighted by atomic mass is 16.8. The Morgan fingerprint density at radius 3 is 1.38 bits per heavy atom. The van der Waals surface area contributed by atoms with Gasteiger partial charge in [0.25, 0.3) is 0 Å². The molecule has 1 amide bonds. The molecule has 3 aliphatic rings. The number of ether oxygens (including phenoxy) is 6. The van der Waals surface area contributed by atoms with Gasteiger partial charge in [0.1, 0.15) is 73.2 Å². The van der Waals surface area contributed by atoms with E-state index >= 15 is 0 Å². The van der Waals surface area contributed by atoms with Crippen molar-refractivity contribution < 1.29 is 89.4 Å². The largest absolute Gasteiger partial charge is 0.394 e. The highest BCUT2D eigenvalue weighted by molar-refractivity contribution is 5.76. The first kappa shape index (κ1) is 60.8. The fraction of sp³-hybridized carbons (Fsp3) is 0.939. The standard InChI is InChI=1S/C49H91NO18/c1-3-5-7-9-11-12-13-14-15-16-17-18-19-20-21-22-24-26-33(54)32(50-37(55)27-25-23-10-8-6-4-2)31-63-47-43(61)40(58)45(35(29-52)65-47)68-49-44(62)41(59)46(36(30-53)66-49)67-48-42(60)39(57)38(56)34(28-51)64-48/h24,26,32-36,38-49,51-54,56-62H,3-23,25,27-31H2,1-2H3,(H,50,55)/b26-24+. The number of allylic oxidation sites excluding steroid dienone is 1. The lowest BCUT2D eigenvalue weighted by molar-refractivity contribution is -0.379. The third kappa shape index (κ3) is 20.6. The van der Waals surface area contributed by atoms with Crippen molar-refractivity contribution in [2.75, 3.05) is 26.4 Å². The van der Waals surface area contributed by atoms with Crippen LogP contribution in [0.2, 0.25) is 0 Å². The number of carbonyl (C=O) groups excluding carboxylic acids is 1. The molecule has 0 aromatic heterocycles. The molecule has 0 bridgehead atoms. The molecular weight excluding hydrogens is 891 g/mol. The number of carbonyl (C=O) groups is 1. The Morgan fingerprint density at radius 2 is 0.912 bits per heavy atom. The number of amides is 1. The van der Waals surface area contributed by atoms with Crippen LogP contribution in [0.5, 0.6) is 0 Å². The Hall–Kier alpha value is -1.47. The van der Waals surface area contributed by atoms with Crippen LogP contribution in [0.4, 0.5) is 0 Å². The zero-order chi connectivity index (χ0) is 49.8. The molecule has 3 fully saturated rings. The van der Waals surface area contributed by atoms with Crippen LogP contribution < -0.4 is 5.32 Å². The average Bonchev–Trinajstić information content (AvgIpc) is 3.33. The van der Waals surface area contributed by atoms with Crippen molar-refractivity contribution in [2.45, 2.75) is 266 Å². The molecule has 3 rings (SSSR count). The second-order valence-corrected chi connectivity index (χ2v) is 19.0. The molecule has 12 N–H and O–H groups in total. The van der Waals surface area contributed by atoms with Crippen LogP contribution in [0.1, 0.15) is 162 Å². The number of nitrogens with one attached hydrogen (secondary N) is 1. The number of rotatable bonds is 36. The number of aliphatic hydroxyl groups excluding tert-OH is 11. The van der Waals surface area contributed by atoms with E-state index < -0.39 is 124 Å². The lowest BCUT2D eigenvalue weighted by Gasteiger charge is -2.48. The molecule has 0 saturated carbocycles. The topological polar surface area (TPSA) is 307 Å². The summed E-state index contributed by atoms with van der Waals surface area (Å²) in [5.41, 5.74) is 0. The minimum Gasteiger partial charge on any atom is -0.394 e. The Kier molecular flexibility index (Phi) is 31.1. The highest BCUT2D eigenvalue weighted by Crippen LogP contribution is 2.33. The van der Waals surface area contributed by atoms with Crippen molar-refractivity contribution >= 4 is 5.91 Å². The van der Waals surface area contributed by atoms with E-state index in [1.165, 1.54) is 77.0 Å². The molecule has 3 aliphatic heterocycles. The van der Waals surface area contributed by atoms with E-state index in [1.807, 2.05) is 6.08 Å². The van der Waals surface area contributed by atoms with Gasteiger partial charge in [0.2, 0.25) is 5.91 Å². The van der Waals surface area contributed by atoms with Gasteiger partial charge in [-0.05, 0) is 19.3 Å². The summed E-state index contributed by atoms with van der Waals surface area (Å²) in [6, 6.07) is -0.963. The molecule has 400 valence electrons. The van der Waals surface area contributed by atoms with Crippen LogP contribution >= 0.6 is 0 Å². The average molecular weight is 982 g/mol. The van der Waals surface area contributed by atoms with Crippen LogP contribution in [-0.2, 0) is 33.2 Å². The monoisotopic (exact) mass is 982 g/mol. The second kappa shape index (κ2) is 34.8. The molecule has 68 heavy (non-hydrogen) atoms. The Balaban J connectivity index is 1.53. The summed E-state index contributed by atoms with van der Waals surface area (Å²) in [6.07, 6.45) is 2.59. The molecule has 0 aromatic rings. The summed E-state index contributed by atoms with van der Waals surface area (Å²) < 4.78 is 34.0. The molecule has 17 unspecified atom stereocenters. The minimum atomic E-state index is -1.97. The maximum atomic E-state index is 13.1. The normalized spacial score (nSPS) is 33.2. The maximum absolute atomic E-state index is 13.1. The van der Waals surface area contributed by atoms with Crippen molar-refractivity contribution in [2.24, 2.45) is 0 Å². The van der Waals surface area contributed by atoms with Gasteiger partial charge in [0.05, 0.1) is 38.6 Å². The molecule has 0 radical (unpaired) electrons. The first-order valence-corrected chi connectivity index (χ1v) is 25.9. The molecule has 17 atom stereocenters. The predicted octanol–water partition coefficient (Wildman–Crippen LogP) is 1.87. The van der Waals surface area contributed by atoms with Gasteiger partial charge in [-0.1, -0.05) is 148 Å². The Bertz CT molecular complexity index is 1310. The third-order valence-corrected chi connectivity index (χ3v) is 13.3. The van der Waals surface area contributed by atoms with Gasteiger partial charge in [-0.2, -0.15) is 0 Å². The summed E-state index contributed by atoms with van der Waals surface area (Å²) in [5.74, 6) is -0.286. The summed E-state index contributed by atoms with van der Waals surface area (Å²) in [6.45, 7) is 1.62. The number of unbranched alkanes of at least 4 members (excludes halogenated alkanes) is 20. The maximum Gasteiger partial charge on any atom is 0.220 e. The first-order valence-electron chi connectivity index (χ1n) is 25.9. The number of aliphatic hydroxyl groups is 11. The van der Waals surface area contributed by atoms with Gasteiger partial charge in [0.15, 0.2) is 18.9 Å². The molecule has 0 aromatic carbocycles. The molecule has 19 nitrogen and oxygen atoms in total. The van der Waals surface area contributed by atoms with Crippen LogP contribution in [-0.4, -0.2) is 193 Å². The fourth-order valence-corrected chi connectivity index (χ4v) is 8.95. The highest BCUT2D eigenvalue weighted by Gasteiger charge is 2.53. The van der Waals surface area contributed by atoms with Crippen molar-refractivity contribution in [1.82, 2.24) is 5.32 Å². The molecule has 3 saturated heterocycles. The summed E-state index contributed by atoms with van der Waals surface area (Å²) >= 11 is 0. The summed E-state index contributed by atoms with van der Waals surface area (Å²) in [7, 11) is 0.